The molecule has 0 radical (unpaired) electrons. The topological polar surface area (TPSA) is 12.4 Å². The first-order valence-corrected chi connectivity index (χ1v) is 59.4. The van der Waals surface area contributed by atoms with Crippen molar-refractivity contribution in [2.75, 3.05) is 0 Å². The first-order valence-electron chi connectivity index (χ1n) is 22.9. The van der Waals surface area contributed by atoms with Gasteiger partial charge < -0.3 is 0 Å². The van der Waals surface area contributed by atoms with Gasteiger partial charge in [0.05, 0.1) is 0 Å². The summed E-state index contributed by atoms with van der Waals surface area (Å²) in [4.78, 5) is 5.50. The van der Waals surface area contributed by atoms with E-state index >= 15 is 0 Å². The van der Waals surface area contributed by atoms with E-state index in [0.29, 0.717) is 33.2 Å². The summed E-state index contributed by atoms with van der Waals surface area (Å²) in [6.07, 6.45) is 0. The standard InChI is InChI=1S/C27H59Si6.C15H23.C7H7NS2.Pb/c1-28(2,3)25(29(4,5)6)22-19-23(26(30(7,8)9)31(10,11)12)21-24(20-22)27(32(13,14)15)33(16,17)18;1-10(2)13-7-14(11(3)4)9-15(8-13)12(5)6;9-7(10)8-6-4-2-1-3-5-6;/h19-20,25-27H,1-18H3;7-8,10-12H,1-6H3;1-5H,(H2,8,9,10);/q;;;+2/p-2. The van der Waals surface area contributed by atoms with Gasteiger partial charge in [-0.15, -0.1) is 0 Å². The summed E-state index contributed by atoms with van der Waals surface area (Å²) in [5.74, 6) is 1.41. The molecule has 10 heteroatoms. The molecule has 3 aromatic carbocycles. The van der Waals surface area contributed by atoms with E-state index in [1.54, 1.807) is 16.7 Å². The second kappa shape index (κ2) is 18.3. The van der Waals surface area contributed by atoms with Gasteiger partial charge in [0.15, 0.2) is 0 Å². The van der Waals surface area contributed by atoms with Gasteiger partial charge in [-0.1, -0.05) is 0 Å². The van der Waals surface area contributed by atoms with E-state index in [0.717, 1.165) is 5.69 Å². The molecule has 1 fully saturated rings. The van der Waals surface area contributed by atoms with Crippen LogP contribution in [0.1, 0.15) is 108 Å². The zero-order valence-electron chi connectivity index (χ0n) is 42.4. The number of benzene rings is 3. The molecular weight excluding hydrogens is 1040 g/mol. The van der Waals surface area contributed by atoms with Gasteiger partial charge in [0.1, 0.15) is 0 Å². The SMILES string of the molecule is CC(C)c1cc(C(C)C)[c]([Pb]2([c]3c(C([Si](C)(C)C)[Si](C)(C)C)cc(C([Si](C)(C)C)[Si](C)(C)C)cc3C([Si](C)(C)C)[Si](C)(C)C)[S]C(=Nc3ccccc3)[S]2)c(C(C)C)c1. The van der Waals surface area contributed by atoms with Crippen LogP contribution in [-0.2, 0) is 0 Å². The number of hydrogen-bond acceptors (Lipinski definition) is 3. The normalized spacial score (nSPS) is 17.6. The molecule has 0 atom stereocenters. The summed E-state index contributed by atoms with van der Waals surface area (Å²) in [6, 6.07) is 22.2. The molecule has 1 aliphatic heterocycles. The van der Waals surface area contributed by atoms with Crippen LogP contribution >= 0.6 is 16.6 Å². The zero-order chi connectivity index (χ0) is 45.2. The van der Waals surface area contributed by atoms with Crippen molar-refractivity contribution >= 4 is 99.5 Å². The van der Waals surface area contributed by atoms with Gasteiger partial charge in [-0.25, -0.2) is 0 Å². The van der Waals surface area contributed by atoms with Crippen LogP contribution < -0.4 is 6.25 Å². The molecule has 4 rings (SSSR count). The first kappa shape index (κ1) is 51.9. The third kappa shape index (κ3) is 11.6. The first-order chi connectivity index (χ1) is 26.5. The number of nitrogens with zero attached hydrogens (tertiary/aromatic N) is 1. The fourth-order valence-electron chi connectivity index (χ4n) is 12.0. The van der Waals surface area contributed by atoms with Gasteiger partial charge in [0.2, 0.25) is 0 Å². The van der Waals surface area contributed by atoms with Crippen molar-refractivity contribution in [3.63, 3.8) is 0 Å². The zero-order valence-corrected chi connectivity index (χ0v) is 53.9. The average Bonchev–Trinajstić information content (AvgIpc) is 2.98. The molecule has 328 valence electrons. The molecule has 0 aliphatic carbocycles. The van der Waals surface area contributed by atoms with Crippen molar-refractivity contribution in [3.05, 3.63) is 88.0 Å². The molecule has 0 N–H and O–H groups in total. The van der Waals surface area contributed by atoms with Gasteiger partial charge >= 0.3 is 385 Å². The van der Waals surface area contributed by atoms with Crippen LogP contribution in [0.5, 0.6) is 0 Å². The maximum atomic E-state index is 5.50. The van der Waals surface area contributed by atoms with E-state index in [4.69, 9.17) is 4.99 Å². The molecule has 0 amide bonds. The molecule has 0 aromatic heterocycles. The van der Waals surface area contributed by atoms with Gasteiger partial charge in [0.25, 0.3) is 0 Å². The molecule has 59 heavy (non-hydrogen) atoms. The number of aliphatic imine (C=N–C) groups is 1. The van der Waals surface area contributed by atoms with E-state index in [1.807, 2.05) is 17.4 Å². The van der Waals surface area contributed by atoms with Crippen molar-refractivity contribution in [2.24, 2.45) is 4.99 Å². The monoisotopic (exact) mass is 1130 g/mol. The van der Waals surface area contributed by atoms with Crippen molar-refractivity contribution in [2.45, 2.75) is 193 Å². The summed E-state index contributed by atoms with van der Waals surface area (Å²) in [5.41, 5.74) is 11.4. The second-order valence-corrected chi connectivity index (χ2v) is 87.1. The third-order valence-electron chi connectivity index (χ3n) is 12.6. The number of para-hydroxylation sites is 1. The predicted molar refractivity (Wildman–Crippen MR) is 297 cm³/mol. The minimum absolute atomic E-state index is 0.457. The fourth-order valence-corrected chi connectivity index (χ4v) is 93.6. The van der Waals surface area contributed by atoms with E-state index in [2.05, 4.69) is 231 Å². The molecule has 1 aliphatic rings. The quantitative estimate of drug-likeness (QED) is 0.141. The van der Waals surface area contributed by atoms with Crippen LogP contribution in [0.3, 0.4) is 0 Å². The van der Waals surface area contributed by atoms with Crippen molar-refractivity contribution in [1.29, 1.82) is 0 Å². The van der Waals surface area contributed by atoms with Gasteiger partial charge in [-0.3, -0.25) is 0 Å². The van der Waals surface area contributed by atoms with Crippen LogP contribution in [0, 0.1) is 0 Å². The van der Waals surface area contributed by atoms with Crippen LogP contribution in [0.4, 0.5) is 5.69 Å². The minimum atomic E-state index is -4.06. The van der Waals surface area contributed by atoms with E-state index in [1.165, 1.54) is 9.94 Å². The summed E-state index contributed by atoms with van der Waals surface area (Å²) >= 11 is -4.06. The Bertz CT molecular complexity index is 1850. The third-order valence-corrected chi connectivity index (χ3v) is 77.9. The van der Waals surface area contributed by atoms with Crippen molar-refractivity contribution in [1.82, 2.24) is 0 Å². The van der Waals surface area contributed by atoms with E-state index in [-0.39, 0.29) is 0 Å². The van der Waals surface area contributed by atoms with Gasteiger partial charge in [0, 0.05) is 0 Å². The summed E-state index contributed by atoms with van der Waals surface area (Å²) in [5, 5.41) is 2.05. The molecule has 0 bridgehead atoms. The molecule has 0 saturated carbocycles. The van der Waals surface area contributed by atoms with E-state index < -0.39 is 66.6 Å². The van der Waals surface area contributed by atoms with Crippen molar-refractivity contribution < 1.29 is 0 Å². The van der Waals surface area contributed by atoms with Crippen LogP contribution in [0.25, 0.3) is 0 Å². The fraction of sp³-hybridized carbons (Fsp3) is 0.612. The number of rotatable bonds is 15. The summed E-state index contributed by atoms with van der Waals surface area (Å²) in [6.45, 7) is 63.8. The molecule has 0 unspecified atom stereocenters. The summed E-state index contributed by atoms with van der Waals surface area (Å²) < 4.78 is 5.08. The molecule has 1 saturated heterocycles. The average molecular weight is 1130 g/mol. The number of hydrogen-bond donors (Lipinski definition) is 0. The van der Waals surface area contributed by atoms with Gasteiger partial charge in [-0.05, 0) is 0 Å². The second-order valence-electron chi connectivity index (χ2n) is 25.6. The Morgan fingerprint density at radius 3 is 1.03 bits per heavy atom. The molecule has 1 nitrogen and oxygen atoms in total. The van der Waals surface area contributed by atoms with Crippen LogP contribution in [-0.4, -0.2) is 71.0 Å². The molecular formula is C49H87NPbS2Si6. The Labute approximate surface area is 381 Å². The Morgan fingerprint density at radius 2 is 0.729 bits per heavy atom. The molecule has 0 spiro atoms. The Kier molecular flexibility index (Phi) is 16.1. The Morgan fingerprint density at radius 1 is 0.407 bits per heavy atom. The van der Waals surface area contributed by atoms with Crippen LogP contribution in [0.2, 0.25) is 118 Å². The summed E-state index contributed by atoms with van der Waals surface area (Å²) in [7, 11) is -5.49. The Balaban J connectivity index is 2.49. The Hall–Kier alpha value is 0.253. The molecule has 3 aromatic rings. The van der Waals surface area contributed by atoms with Gasteiger partial charge in [-0.2, -0.15) is 0 Å². The maximum absolute atomic E-state index is 5.50. The molecule has 1 heterocycles. The van der Waals surface area contributed by atoms with Crippen molar-refractivity contribution in [3.8, 4) is 0 Å². The predicted octanol–water partition coefficient (Wildman–Crippen LogP) is 16.3. The van der Waals surface area contributed by atoms with E-state index in [9.17, 15) is 0 Å². The van der Waals surface area contributed by atoms with Crippen LogP contribution in [0.15, 0.2) is 59.6 Å².